The van der Waals surface area contributed by atoms with Crippen molar-refractivity contribution in [3.63, 3.8) is 0 Å². The highest BCUT2D eigenvalue weighted by Crippen LogP contribution is 2.28. The second-order valence-corrected chi connectivity index (χ2v) is 5.98. The molecule has 0 amide bonds. The van der Waals surface area contributed by atoms with E-state index in [9.17, 15) is 4.79 Å². The van der Waals surface area contributed by atoms with Gasteiger partial charge in [0, 0.05) is 6.54 Å². The van der Waals surface area contributed by atoms with Gasteiger partial charge in [-0.05, 0) is 30.9 Å². The minimum Gasteiger partial charge on any atom is -0.469 e. The van der Waals surface area contributed by atoms with Crippen LogP contribution in [0.15, 0.2) is 30.3 Å². The maximum atomic E-state index is 11.9. The first-order chi connectivity index (χ1) is 10.3. The highest BCUT2D eigenvalue weighted by atomic mass is 16.5. The second-order valence-electron chi connectivity index (χ2n) is 5.98. The zero-order valence-electron chi connectivity index (χ0n) is 13.0. The average Bonchev–Trinajstić information content (AvgIpc) is 3.04. The van der Waals surface area contributed by atoms with Crippen LogP contribution in [0, 0.1) is 5.92 Å². The largest absolute Gasteiger partial charge is 0.469 e. The van der Waals surface area contributed by atoms with Crippen LogP contribution in [-0.2, 0) is 9.53 Å². The van der Waals surface area contributed by atoms with E-state index in [0.29, 0.717) is 6.54 Å². The molecule has 116 valence electrons. The Balaban J connectivity index is 1.73. The molecule has 1 unspecified atom stereocenters. The Bertz CT molecular complexity index is 412. The molecule has 3 nitrogen and oxygen atoms in total. The van der Waals surface area contributed by atoms with E-state index in [1.165, 1.54) is 45.6 Å². The van der Waals surface area contributed by atoms with Crippen molar-refractivity contribution in [1.29, 1.82) is 0 Å². The Hall–Kier alpha value is -1.35. The molecule has 1 saturated carbocycles. The number of methoxy groups -OCH3 is 1. The molecule has 3 heteroatoms. The third kappa shape index (κ3) is 5.16. The van der Waals surface area contributed by atoms with Crippen LogP contribution in [0.25, 0.3) is 0 Å². The Kier molecular flexibility index (Phi) is 6.74. The van der Waals surface area contributed by atoms with Crippen LogP contribution in [0.2, 0.25) is 0 Å². The van der Waals surface area contributed by atoms with Crippen LogP contribution in [0.4, 0.5) is 0 Å². The molecule has 1 aromatic carbocycles. The van der Waals surface area contributed by atoms with E-state index in [4.69, 9.17) is 4.74 Å². The van der Waals surface area contributed by atoms with E-state index >= 15 is 0 Å². The number of hydrogen-bond donors (Lipinski definition) is 1. The topological polar surface area (TPSA) is 38.3 Å². The van der Waals surface area contributed by atoms with Gasteiger partial charge < -0.3 is 10.1 Å². The molecular formula is C18H27NO2. The Labute approximate surface area is 128 Å². The van der Waals surface area contributed by atoms with Gasteiger partial charge in [-0.25, -0.2) is 0 Å². The summed E-state index contributed by atoms with van der Waals surface area (Å²) in [7, 11) is 1.46. The number of esters is 1. The van der Waals surface area contributed by atoms with E-state index in [0.717, 1.165) is 18.0 Å². The first-order valence-electron chi connectivity index (χ1n) is 8.14. The summed E-state index contributed by atoms with van der Waals surface area (Å²) < 4.78 is 4.93. The molecule has 0 aromatic heterocycles. The van der Waals surface area contributed by atoms with E-state index in [1.54, 1.807) is 0 Å². The van der Waals surface area contributed by atoms with Gasteiger partial charge in [0.1, 0.15) is 0 Å². The average molecular weight is 289 g/mol. The van der Waals surface area contributed by atoms with Gasteiger partial charge in [0.25, 0.3) is 0 Å². The summed E-state index contributed by atoms with van der Waals surface area (Å²) in [5, 5.41) is 3.42. The molecule has 1 fully saturated rings. The van der Waals surface area contributed by atoms with Gasteiger partial charge in [-0.3, -0.25) is 4.79 Å². The van der Waals surface area contributed by atoms with Crippen LogP contribution >= 0.6 is 0 Å². The monoisotopic (exact) mass is 289 g/mol. The van der Waals surface area contributed by atoms with Crippen molar-refractivity contribution in [3.05, 3.63) is 35.9 Å². The molecule has 2 rings (SSSR count). The molecule has 0 aliphatic heterocycles. The lowest BCUT2D eigenvalue weighted by Crippen LogP contribution is -2.28. The Morgan fingerprint density at radius 3 is 2.67 bits per heavy atom. The predicted molar refractivity (Wildman–Crippen MR) is 85.3 cm³/mol. The maximum Gasteiger partial charge on any atom is 0.314 e. The fraction of sp³-hybridized carbons (Fsp3) is 0.611. The summed E-state index contributed by atoms with van der Waals surface area (Å²) in [5.74, 6) is 0.574. The van der Waals surface area contributed by atoms with Gasteiger partial charge in [-0.1, -0.05) is 56.0 Å². The number of carbonyl (C=O) groups is 1. The van der Waals surface area contributed by atoms with Crippen LogP contribution in [0.1, 0.15) is 50.0 Å². The van der Waals surface area contributed by atoms with E-state index in [1.807, 2.05) is 30.3 Å². The van der Waals surface area contributed by atoms with Crippen molar-refractivity contribution in [1.82, 2.24) is 5.32 Å². The summed E-state index contributed by atoms with van der Waals surface area (Å²) >= 11 is 0. The van der Waals surface area contributed by atoms with Crippen molar-refractivity contribution in [2.24, 2.45) is 5.92 Å². The Morgan fingerprint density at radius 1 is 1.29 bits per heavy atom. The van der Waals surface area contributed by atoms with Crippen LogP contribution in [-0.4, -0.2) is 26.2 Å². The Morgan fingerprint density at radius 2 is 2.00 bits per heavy atom. The first-order valence-corrected chi connectivity index (χ1v) is 8.14. The third-order valence-electron chi connectivity index (χ3n) is 4.48. The third-order valence-corrected chi connectivity index (χ3v) is 4.48. The van der Waals surface area contributed by atoms with Gasteiger partial charge in [-0.15, -0.1) is 0 Å². The van der Waals surface area contributed by atoms with Gasteiger partial charge in [0.15, 0.2) is 0 Å². The van der Waals surface area contributed by atoms with Crippen LogP contribution in [0.5, 0.6) is 0 Å². The molecule has 1 N–H and O–H groups in total. The van der Waals surface area contributed by atoms with Crippen molar-refractivity contribution >= 4 is 5.97 Å². The number of rotatable bonds is 8. The molecule has 1 atom stereocenters. The normalized spacial score (nSPS) is 16.8. The molecule has 1 aliphatic rings. The van der Waals surface area contributed by atoms with Crippen molar-refractivity contribution in [2.45, 2.75) is 44.4 Å². The van der Waals surface area contributed by atoms with Gasteiger partial charge in [0.05, 0.1) is 13.0 Å². The summed E-state index contributed by atoms with van der Waals surface area (Å²) in [6.45, 7) is 1.64. The van der Waals surface area contributed by atoms with Crippen molar-refractivity contribution in [3.8, 4) is 0 Å². The molecular weight excluding hydrogens is 262 g/mol. The van der Waals surface area contributed by atoms with Gasteiger partial charge in [-0.2, -0.15) is 0 Å². The zero-order valence-corrected chi connectivity index (χ0v) is 13.0. The van der Waals surface area contributed by atoms with E-state index < -0.39 is 0 Å². The summed E-state index contributed by atoms with van der Waals surface area (Å²) in [5.41, 5.74) is 1.02. The number of ether oxygens (including phenoxy) is 1. The van der Waals surface area contributed by atoms with Crippen molar-refractivity contribution in [2.75, 3.05) is 20.2 Å². The fourth-order valence-corrected chi connectivity index (χ4v) is 3.23. The minimum absolute atomic E-state index is 0.163. The predicted octanol–water partition coefficient (Wildman–Crippen LogP) is 3.50. The summed E-state index contributed by atoms with van der Waals surface area (Å²) in [4.78, 5) is 11.9. The van der Waals surface area contributed by atoms with Gasteiger partial charge >= 0.3 is 5.97 Å². The van der Waals surface area contributed by atoms with E-state index in [2.05, 4.69) is 5.32 Å². The lowest BCUT2D eigenvalue weighted by Gasteiger charge is -2.16. The molecule has 0 spiro atoms. The quantitative estimate of drug-likeness (QED) is 0.588. The number of benzene rings is 1. The smallest absolute Gasteiger partial charge is 0.314 e. The van der Waals surface area contributed by atoms with E-state index in [-0.39, 0.29) is 11.9 Å². The molecule has 0 radical (unpaired) electrons. The first kappa shape index (κ1) is 16.0. The van der Waals surface area contributed by atoms with Gasteiger partial charge in [0.2, 0.25) is 0 Å². The highest BCUT2D eigenvalue weighted by molar-refractivity contribution is 5.78. The molecule has 1 aliphatic carbocycles. The molecule has 0 heterocycles. The van der Waals surface area contributed by atoms with Crippen LogP contribution < -0.4 is 5.32 Å². The highest BCUT2D eigenvalue weighted by Gasteiger charge is 2.20. The van der Waals surface area contributed by atoms with Crippen LogP contribution in [0.3, 0.4) is 0 Å². The second kappa shape index (κ2) is 8.83. The summed E-state index contributed by atoms with van der Waals surface area (Å²) in [6, 6.07) is 9.87. The lowest BCUT2D eigenvalue weighted by molar-refractivity contribution is -0.142. The lowest BCUT2D eigenvalue weighted by atomic mass is 9.99. The number of nitrogens with one attached hydrogen (secondary N) is 1. The molecule has 0 saturated heterocycles. The molecule has 0 bridgehead atoms. The minimum atomic E-state index is -0.206. The van der Waals surface area contributed by atoms with Crippen molar-refractivity contribution < 1.29 is 9.53 Å². The number of hydrogen-bond acceptors (Lipinski definition) is 3. The molecule has 1 aromatic rings. The zero-order chi connectivity index (χ0) is 14.9. The summed E-state index contributed by atoms with van der Waals surface area (Å²) in [6.07, 6.45) is 8.17. The maximum absolute atomic E-state index is 11.9. The molecule has 21 heavy (non-hydrogen) atoms. The number of carbonyl (C=O) groups excluding carboxylic acids is 1. The standard InChI is InChI=1S/C18H27NO2/c1-21-18(20)17(16-11-3-2-4-12-16)14-19-13-7-10-15-8-5-6-9-15/h2-4,11-12,15,17,19H,5-10,13-14H2,1H3. The fourth-order valence-electron chi connectivity index (χ4n) is 3.23. The SMILES string of the molecule is COC(=O)C(CNCCCC1CCCC1)c1ccccc1.